The summed E-state index contributed by atoms with van der Waals surface area (Å²) < 4.78 is 0.798. The molecule has 2 aromatic rings. The molecule has 22 heavy (non-hydrogen) atoms. The Balaban J connectivity index is 1.86. The van der Waals surface area contributed by atoms with Crippen LogP contribution in [-0.4, -0.2) is 34.5 Å². The molecule has 0 bridgehead atoms. The van der Waals surface area contributed by atoms with Crippen LogP contribution in [0.3, 0.4) is 0 Å². The van der Waals surface area contributed by atoms with Crippen LogP contribution in [0.25, 0.3) is 0 Å². The molecule has 0 unspecified atom stereocenters. The summed E-state index contributed by atoms with van der Waals surface area (Å²) in [5.41, 5.74) is 6.01. The summed E-state index contributed by atoms with van der Waals surface area (Å²) in [6, 6.07) is 3.99. The topological polar surface area (TPSA) is 76.3 Å². The number of hydrogen-bond acceptors (Lipinski definition) is 6. The molecule has 118 valence electrons. The maximum atomic E-state index is 12.1. The van der Waals surface area contributed by atoms with Crippen molar-refractivity contribution in [2.45, 2.75) is 24.2 Å². The third-order valence-corrected chi connectivity index (χ3v) is 6.07. The summed E-state index contributed by atoms with van der Waals surface area (Å²) in [7, 11) is 1.80. The molecule has 2 amide bonds. The number of thiazole rings is 1. The van der Waals surface area contributed by atoms with Crippen molar-refractivity contribution < 1.29 is 9.59 Å². The minimum absolute atomic E-state index is 0.0581. The predicted octanol–water partition coefficient (Wildman–Crippen LogP) is 2.29. The van der Waals surface area contributed by atoms with Gasteiger partial charge in [-0.25, -0.2) is 4.98 Å². The summed E-state index contributed by atoms with van der Waals surface area (Å²) in [6.07, 6.45) is 0.205. The smallest absolute Gasteiger partial charge is 0.233 e. The fourth-order valence-electron chi connectivity index (χ4n) is 1.74. The number of aromatic nitrogens is 1. The molecule has 0 aromatic carbocycles. The number of amides is 2. The molecular weight excluding hydrogens is 338 g/mol. The molecule has 0 fully saturated rings. The summed E-state index contributed by atoms with van der Waals surface area (Å²) in [5.74, 6) is 0.0305. The van der Waals surface area contributed by atoms with E-state index in [1.54, 1.807) is 23.3 Å². The van der Waals surface area contributed by atoms with E-state index in [-0.39, 0.29) is 18.2 Å². The third kappa shape index (κ3) is 4.82. The maximum absolute atomic E-state index is 12.1. The zero-order valence-electron chi connectivity index (χ0n) is 12.4. The van der Waals surface area contributed by atoms with E-state index in [2.05, 4.69) is 4.98 Å². The van der Waals surface area contributed by atoms with Crippen molar-refractivity contribution in [1.29, 1.82) is 0 Å². The second-order valence-corrected chi connectivity index (χ2v) is 8.09. The third-order valence-electron chi connectivity index (χ3n) is 2.93. The van der Waals surface area contributed by atoms with Gasteiger partial charge in [-0.3, -0.25) is 9.59 Å². The monoisotopic (exact) mass is 355 g/mol. The lowest BCUT2D eigenvalue weighted by molar-refractivity contribution is -0.127. The van der Waals surface area contributed by atoms with Crippen LogP contribution in [0.1, 0.15) is 15.4 Å². The minimum atomic E-state index is -0.366. The van der Waals surface area contributed by atoms with Gasteiger partial charge in [0.15, 0.2) is 4.34 Å². The summed E-state index contributed by atoms with van der Waals surface area (Å²) >= 11 is 4.47. The summed E-state index contributed by atoms with van der Waals surface area (Å²) in [5, 5.41) is 2.00. The Bertz CT molecular complexity index is 652. The number of carbonyl (C=O) groups excluding carboxylic acids is 2. The van der Waals surface area contributed by atoms with Gasteiger partial charge in [0.05, 0.1) is 24.4 Å². The number of nitrogens with two attached hydrogens (primary N) is 1. The van der Waals surface area contributed by atoms with E-state index in [0.29, 0.717) is 12.3 Å². The molecule has 0 atom stereocenters. The Labute approximate surface area is 141 Å². The first-order chi connectivity index (χ1) is 10.5. The number of nitrogens with zero attached hydrogens (tertiary/aromatic N) is 2. The first-order valence-corrected chi connectivity index (χ1v) is 9.27. The van der Waals surface area contributed by atoms with E-state index in [4.69, 9.17) is 5.73 Å². The molecule has 0 saturated carbocycles. The van der Waals surface area contributed by atoms with Crippen molar-refractivity contribution >= 4 is 46.2 Å². The quantitative estimate of drug-likeness (QED) is 0.773. The number of rotatable bonds is 7. The summed E-state index contributed by atoms with van der Waals surface area (Å²) in [6.45, 7) is 2.48. The maximum Gasteiger partial charge on any atom is 0.233 e. The average molecular weight is 356 g/mol. The van der Waals surface area contributed by atoms with Crippen LogP contribution < -0.4 is 5.73 Å². The molecule has 0 aliphatic heterocycles. The minimum Gasteiger partial charge on any atom is -0.369 e. The van der Waals surface area contributed by atoms with Gasteiger partial charge in [0.2, 0.25) is 11.8 Å². The van der Waals surface area contributed by atoms with Crippen LogP contribution in [0.5, 0.6) is 0 Å². The molecule has 2 aromatic heterocycles. The van der Waals surface area contributed by atoms with Crippen LogP contribution in [0, 0.1) is 6.92 Å². The molecule has 0 radical (unpaired) electrons. The van der Waals surface area contributed by atoms with Crippen molar-refractivity contribution in [3.05, 3.63) is 33.0 Å². The lowest BCUT2D eigenvalue weighted by Gasteiger charge is -2.15. The molecule has 2 heterocycles. The molecule has 0 saturated heterocycles. The molecular formula is C14H17N3O2S3. The molecule has 0 spiro atoms. The SMILES string of the molecule is Cc1nc(SCC(=O)N(C)Cc2cccs2)sc1CC(N)=O. The number of hydrogen-bond donors (Lipinski definition) is 1. The Morgan fingerprint density at radius 3 is 2.86 bits per heavy atom. The molecule has 5 nitrogen and oxygen atoms in total. The zero-order valence-corrected chi connectivity index (χ0v) is 14.8. The highest BCUT2D eigenvalue weighted by molar-refractivity contribution is 8.01. The number of primary amides is 1. The Hall–Kier alpha value is -1.38. The highest BCUT2D eigenvalue weighted by Gasteiger charge is 2.14. The van der Waals surface area contributed by atoms with Crippen LogP contribution >= 0.6 is 34.4 Å². The Morgan fingerprint density at radius 2 is 2.23 bits per heavy atom. The zero-order chi connectivity index (χ0) is 16.1. The molecule has 0 aliphatic carbocycles. The number of thiophene rings is 1. The van der Waals surface area contributed by atoms with E-state index in [9.17, 15) is 9.59 Å². The molecule has 8 heteroatoms. The second kappa shape index (κ2) is 7.75. The highest BCUT2D eigenvalue weighted by atomic mass is 32.2. The van der Waals surface area contributed by atoms with E-state index >= 15 is 0 Å². The van der Waals surface area contributed by atoms with Gasteiger partial charge in [0.25, 0.3) is 0 Å². The van der Waals surface area contributed by atoms with Crippen molar-refractivity contribution in [2.24, 2.45) is 5.73 Å². The lowest BCUT2D eigenvalue weighted by atomic mass is 10.3. The van der Waals surface area contributed by atoms with Crippen molar-refractivity contribution in [3.8, 4) is 0 Å². The first-order valence-electron chi connectivity index (χ1n) is 6.59. The summed E-state index contributed by atoms with van der Waals surface area (Å²) in [4.78, 5) is 31.2. The van der Waals surface area contributed by atoms with Gasteiger partial charge in [-0.05, 0) is 18.4 Å². The Morgan fingerprint density at radius 1 is 1.45 bits per heavy atom. The van der Waals surface area contributed by atoms with Crippen molar-refractivity contribution in [2.75, 3.05) is 12.8 Å². The van der Waals surface area contributed by atoms with Gasteiger partial charge in [0, 0.05) is 16.8 Å². The van der Waals surface area contributed by atoms with Gasteiger partial charge in [-0.2, -0.15) is 0 Å². The van der Waals surface area contributed by atoms with Crippen LogP contribution in [0.15, 0.2) is 21.9 Å². The normalized spacial score (nSPS) is 10.6. The van der Waals surface area contributed by atoms with E-state index in [1.165, 1.54) is 23.1 Å². The fourth-order valence-corrected chi connectivity index (χ4v) is 4.68. The fraction of sp³-hybridized carbons (Fsp3) is 0.357. The highest BCUT2D eigenvalue weighted by Crippen LogP contribution is 2.27. The standard InChI is InChI=1S/C14H17N3O2S3/c1-9-11(6-12(15)18)22-14(16-9)21-8-13(19)17(2)7-10-4-3-5-20-10/h3-5H,6-8H2,1-2H3,(H2,15,18). The largest absolute Gasteiger partial charge is 0.369 e. The number of aryl methyl sites for hydroxylation is 1. The Kier molecular flexibility index (Phi) is 5.98. The van der Waals surface area contributed by atoms with Gasteiger partial charge >= 0.3 is 0 Å². The van der Waals surface area contributed by atoms with Gasteiger partial charge < -0.3 is 10.6 Å². The first kappa shape index (κ1) is 17.0. The van der Waals surface area contributed by atoms with E-state index in [0.717, 1.165) is 19.8 Å². The van der Waals surface area contributed by atoms with Gasteiger partial charge in [-0.15, -0.1) is 22.7 Å². The number of thioether (sulfide) groups is 1. The van der Waals surface area contributed by atoms with Gasteiger partial charge in [-0.1, -0.05) is 17.8 Å². The number of carbonyl (C=O) groups is 2. The average Bonchev–Trinajstić information content (AvgIpc) is 3.06. The van der Waals surface area contributed by atoms with E-state index < -0.39 is 0 Å². The van der Waals surface area contributed by atoms with Crippen LogP contribution in [0.4, 0.5) is 0 Å². The lowest BCUT2D eigenvalue weighted by Crippen LogP contribution is -2.27. The van der Waals surface area contributed by atoms with Crippen LogP contribution in [-0.2, 0) is 22.6 Å². The molecule has 0 aliphatic rings. The van der Waals surface area contributed by atoms with E-state index in [1.807, 2.05) is 24.4 Å². The molecule has 2 N–H and O–H groups in total. The molecule has 2 rings (SSSR count). The van der Waals surface area contributed by atoms with Crippen LogP contribution in [0.2, 0.25) is 0 Å². The van der Waals surface area contributed by atoms with Crippen molar-refractivity contribution in [1.82, 2.24) is 9.88 Å². The predicted molar refractivity (Wildman–Crippen MR) is 91.3 cm³/mol. The van der Waals surface area contributed by atoms with Crippen molar-refractivity contribution in [3.63, 3.8) is 0 Å². The van der Waals surface area contributed by atoms with Gasteiger partial charge in [0.1, 0.15) is 0 Å². The second-order valence-electron chi connectivity index (χ2n) is 4.75.